The summed E-state index contributed by atoms with van der Waals surface area (Å²) in [6, 6.07) is 5.33. The van der Waals surface area contributed by atoms with Gasteiger partial charge in [-0.3, -0.25) is 9.59 Å². The third kappa shape index (κ3) is 3.81. The molecule has 0 saturated heterocycles. The fraction of sp³-hybridized carbons (Fsp3) is 0.467. The molecule has 4 heteroatoms. The number of nitrogens with zero attached hydrogens (tertiary/aromatic N) is 1. The van der Waals surface area contributed by atoms with Crippen LogP contribution in [0.4, 0.5) is 0 Å². The molecule has 0 saturated carbocycles. The fourth-order valence-electron chi connectivity index (χ4n) is 1.90. The summed E-state index contributed by atoms with van der Waals surface area (Å²) in [5, 5.41) is 0. The second-order valence-electron chi connectivity index (χ2n) is 4.43. The molecule has 104 valence electrons. The molecule has 0 N–H and O–H groups in total. The maximum atomic E-state index is 12.1. The predicted molar refractivity (Wildman–Crippen MR) is 74.6 cm³/mol. The second-order valence-corrected chi connectivity index (χ2v) is 4.43. The largest absolute Gasteiger partial charge is 0.480 e. The van der Waals surface area contributed by atoms with Gasteiger partial charge in [0.25, 0.3) is 5.91 Å². The van der Waals surface area contributed by atoms with Crippen LogP contribution in [-0.4, -0.2) is 36.3 Å². The van der Waals surface area contributed by atoms with E-state index >= 15 is 0 Å². The molecule has 1 unspecified atom stereocenters. The van der Waals surface area contributed by atoms with Gasteiger partial charge in [0.1, 0.15) is 5.75 Å². The fourth-order valence-corrected chi connectivity index (χ4v) is 1.90. The highest BCUT2D eigenvalue weighted by Crippen LogP contribution is 2.20. The van der Waals surface area contributed by atoms with Crippen LogP contribution >= 0.6 is 0 Å². The molecule has 19 heavy (non-hydrogen) atoms. The number of ether oxygens (including phenoxy) is 1. The van der Waals surface area contributed by atoms with Crippen molar-refractivity contribution in [2.45, 2.75) is 33.8 Å². The Morgan fingerprint density at radius 3 is 2.53 bits per heavy atom. The molecule has 0 bridgehead atoms. The molecule has 1 aromatic rings. The van der Waals surface area contributed by atoms with E-state index in [1.54, 1.807) is 24.0 Å². The Balaban J connectivity index is 2.84. The lowest BCUT2D eigenvalue weighted by atomic mass is 10.1. The monoisotopic (exact) mass is 263 g/mol. The van der Waals surface area contributed by atoms with E-state index in [-0.39, 0.29) is 5.91 Å². The topological polar surface area (TPSA) is 46.6 Å². The number of carbonyl (C=O) groups excluding carboxylic acids is 2. The van der Waals surface area contributed by atoms with Gasteiger partial charge in [0.15, 0.2) is 12.4 Å². The Morgan fingerprint density at radius 1 is 1.37 bits per heavy atom. The maximum Gasteiger partial charge on any atom is 0.263 e. The number of carbonyl (C=O) groups is 2. The number of aldehydes is 1. The van der Waals surface area contributed by atoms with Gasteiger partial charge in [-0.05, 0) is 39.8 Å². The number of rotatable bonds is 6. The summed E-state index contributed by atoms with van der Waals surface area (Å²) >= 11 is 0. The van der Waals surface area contributed by atoms with Gasteiger partial charge in [0.05, 0.1) is 5.56 Å². The van der Waals surface area contributed by atoms with Crippen LogP contribution in [0.15, 0.2) is 18.2 Å². The van der Waals surface area contributed by atoms with Crippen molar-refractivity contribution in [2.75, 3.05) is 13.1 Å². The van der Waals surface area contributed by atoms with Gasteiger partial charge in [0.2, 0.25) is 0 Å². The average Bonchev–Trinajstić information content (AvgIpc) is 2.41. The number of hydrogen-bond acceptors (Lipinski definition) is 3. The zero-order valence-corrected chi connectivity index (χ0v) is 12.0. The molecule has 0 heterocycles. The second kappa shape index (κ2) is 6.92. The molecule has 0 aliphatic carbocycles. The summed E-state index contributed by atoms with van der Waals surface area (Å²) < 4.78 is 5.62. The highest BCUT2D eigenvalue weighted by molar-refractivity contribution is 5.82. The van der Waals surface area contributed by atoms with Gasteiger partial charge < -0.3 is 9.64 Å². The first-order chi connectivity index (χ1) is 9.03. The number of aryl methyl sites for hydroxylation is 1. The standard InChI is InChI=1S/C15H21NO3/c1-5-16(6-2)15(18)12(4)19-14-8-7-11(3)9-13(14)10-17/h7-10,12H,5-6H2,1-4H3. The molecule has 1 rings (SSSR count). The van der Waals surface area contributed by atoms with Crippen LogP contribution in [0.25, 0.3) is 0 Å². The molecule has 1 amide bonds. The molecule has 0 aromatic heterocycles. The molecule has 0 radical (unpaired) electrons. The highest BCUT2D eigenvalue weighted by Gasteiger charge is 2.20. The van der Waals surface area contributed by atoms with Crippen LogP contribution < -0.4 is 4.74 Å². The zero-order chi connectivity index (χ0) is 14.4. The van der Waals surface area contributed by atoms with Gasteiger partial charge in [0, 0.05) is 13.1 Å². The van der Waals surface area contributed by atoms with Gasteiger partial charge >= 0.3 is 0 Å². The van der Waals surface area contributed by atoms with E-state index in [0.29, 0.717) is 24.4 Å². The van der Waals surface area contributed by atoms with Crippen LogP contribution in [0.1, 0.15) is 36.7 Å². The zero-order valence-electron chi connectivity index (χ0n) is 12.0. The number of likely N-dealkylation sites (N-methyl/N-ethyl adjacent to an activating group) is 1. The Morgan fingerprint density at radius 2 is 2.00 bits per heavy atom. The predicted octanol–water partition coefficient (Wildman–Crippen LogP) is 2.44. The molecule has 0 aliphatic rings. The van der Waals surface area contributed by atoms with Gasteiger partial charge in [-0.15, -0.1) is 0 Å². The van der Waals surface area contributed by atoms with Crippen LogP contribution in [0, 0.1) is 6.92 Å². The summed E-state index contributed by atoms with van der Waals surface area (Å²) in [7, 11) is 0. The van der Waals surface area contributed by atoms with Crippen LogP contribution in [0.2, 0.25) is 0 Å². The van der Waals surface area contributed by atoms with Crippen molar-refractivity contribution in [3.05, 3.63) is 29.3 Å². The lowest BCUT2D eigenvalue weighted by Crippen LogP contribution is -2.40. The number of benzene rings is 1. The third-order valence-corrected chi connectivity index (χ3v) is 3.02. The van der Waals surface area contributed by atoms with Gasteiger partial charge in [-0.25, -0.2) is 0 Å². The summed E-state index contributed by atoms with van der Waals surface area (Å²) in [6.07, 6.45) is 0.151. The Labute approximate surface area is 114 Å². The van der Waals surface area contributed by atoms with E-state index in [9.17, 15) is 9.59 Å². The van der Waals surface area contributed by atoms with Crippen LogP contribution in [-0.2, 0) is 4.79 Å². The lowest BCUT2D eigenvalue weighted by molar-refractivity contribution is -0.137. The van der Waals surface area contributed by atoms with E-state index in [0.717, 1.165) is 11.8 Å². The lowest BCUT2D eigenvalue weighted by Gasteiger charge is -2.23. The van der Waals surface area contributed by atoms with Crippen molar-refractivity contribution in [3.8, 4) is 5.75 Å². The molecule has 1 atom stereocenters. The minimum absolute atomic E-state index is 0.0672. The summed E-state index contributed by atoms with van der Waals surface area (Å²) in [4.78, 5) is 24.8. The first-order valence-corrected chi connectivity index (χ1v) is 6.54. The molecular formula is C15H21NO3. The van der Waals surface area contributed by atoms with Gasteiger partial charge in [-0.2, -0.15) is 0 Å². The van der Waals surface area contributed by atoms with Crippen molar-refractivity contribution in [3.63, 3.8) is 0 Å². The van der Waals surface area contributed by atoms with E-state index in [4.69, 9.17) is 4.74 Å². The van der Waals surface area contributed by atoms with E-state index < -0.39 is 6.10 Å². The average molecular weight is 263 g/mol. The summed E-state index contributed by atoms with van der Waals surface area (Å²) in [5.74, 6) is 0.385. The smallest absolute Gasteiger partial charge is 0.263 e. The molecule has 0 fully saturated rings. The number of hydrogen-bond donors (Lipinski definition) is 0. The maximum absolute atomic E-state index is 12.1. The molecular weight excluding hydrogens is 242 g/mol. The molecule has 0 spiro atoms. The summed E-state index contributed by atoms with van der Waals surface area (Å²) in [5.41, 5.74) is 1.45. The van der Waals surface area contributed by atoms with Gasteiger partial charge in [-0.1, -0.05) is 11.6 Å². The van der Waals surface area contributed by atoms with E-state index in [1.807, 2.05) is 26.8 Å². The van der Waals surface area contributed by atoms with E-state index in [2.05, 4.69) is 0 Å². The quantitative estimate of drug-likeness (QED) is 0.741. The molecule has 4 nitrogen and oxygen atoms in total. The van der Waals surface area contributed by atoms with Crippen molar-refractivity contribution in [1.29, 1.82) is 0 Å². The SMILES string of the molecule is CCN(CC)C(=O)C(C)Oc1ccc(C)cc1C=O. The third-order valence-electron chi connectivity index (χ3n) is 3.02. The minimum Gasteiger partial charge on any atom is -0.480 e. The van der Waals surface area contributed by atoms with Crippen LogP contribution in [0.3, 0.4) is 0 Å². The van der Waals surface area contributed by atoms with E-state index in [1.165, 1.54) is 0 Å². The van der Waals surface area contributed by atoms with Crippen molar-refractivity contribution in [1.82, 2.24) is 4.90 Å². The first-order valence-electron chi connectivity index (χ1n) is 6.54. The Hall–Kier alpha value is -1.84. The van der Waals surface area contributed by atoms with Crippen molar-refractivity contribution >= 4 is 12.2 Å². The summed E-state index contributed by atoms with van der Waals surface area (Å²) in [6.45, 7) is 8.76. The highest BCUT2D eigenvalue weighted by atomic mass is 16.5. The van der Waals surface area contributed by atoms with Crippen molar-refractivity contribution in [2.24, 2.45) is 0 Å². The number of amides is 1. The Kier molecular flexibility index (Phi) is 5.55. The minimum atomic E-state index is -0.596. The Bertz CT molecular complexity index is 453. The first kappa shape index (κ1) is 15.2. The molecule has 0 aliphatic heterocycles. The van der Waals surface area contributed by atoms with Crippen LogP contribution in [0.5, 0.6) is 5.75 Å². The van der Waals surface area contributed by atoms with Crippen molar-refractivity contribution < 1.29 is 14.3 Å². The molecule has 1 aromatic carbocycles. The normalized spacial score (nSPS) is 11.8.